The molecule has 0 fully saturated rings. The van der Waals surface area contributed by atoms with Crippen molar-refractivity contribution in [2.24, 2.45) is 0 Å². The Hall–Kier alpha value is -3.61. The van der Waals surface area contributed by atoms with Gasteiger partial charge in [-0.05, 0) is 19.4 Å². The molecule has 0 unspecified atom stereocenters. The Labute approximate surface area is 187 Å². The maximum absolute atomic E-state index is 14.1. The minimum atomic E-state index is -4.73. The van der Waals surface area contributed by atoms with Crippen LogP contribution in [-0.2, 0) is 10.2 Å². The molecule has 0 saturated carbocycles. The predicted molar refractivity (Wildman–Crippen MR) is 107 cm³/mol. The zero-order valence-electron chi connectivity index (χ0n) is 16.7. The molecule has 0 spiro atoms. The first-order valence-corrected chi connectivity index (χ1v) is 9.91. The average molecular weight is 481 g/mol. The van der Waals surface area contributed by atoms with Gasteiger partial charge in [0.25, 0.3) is 0 Å². The molecule has 0 bridgehead atoms. The molecule has 0 aromatic carbocycles. The molecule has 0 saturated heterocycles. The second-order valence-corrected chi connectivity index (χ2v) is 8.13. The number of rotatable bonds is 3. The Balaban J connectivity index is 1.51. The molecule has 4 heterocycles. The zero-order valence-corrected chi connectivity index (χ0v) is 17.4. The lowest BCUT2D eigenvalue weighted by molar-refractivity contribution is -0.187. The van der Waals surface area contributed by atoms with Gasteiger partial charge < -0.3 is 5.32 Å². The van der Waals surface area contributed by atoms with Crippen molar-refractivity contribution >= 4 is 28.8 Å². The Morgan fingerprint density at radius 1 is 1.21 bits per heavy atom. The number of hydrogen-bond donors (Lipinski definition) is 1. The third kappa shape index (κ3) is 3.30. The van der Waals surface area contributed by atoms with Crippen molar-refractivity contribution in [2.75, 3.05) is 5.32 Å². The molecule has 1 aliphatic carbocycles. The van der Waals surface area contributed by atoms with Crippen molar-refractivity contribution in [3.05, 3.63) is 59.1 Å². The first-order chi connectivity index (χ1) is 15.6. The summed E-state index contributed by atoms with van der Waals surface area (Å²) in [4.78, 5) is 22.3. The van der Waals surface area contributed by atoms with Gasteiger partial charge in [0.1, 0.15) is 5.41 Å². The Bertz CT molecular complexity index is 1390. The number of hydrogen-bond acceptors (Lipinski definition) is 6. The van der Waals surface area contributed by atoms with Gasteiger partial charge in [-0.3, -0.25) is 4.79 Å². The fourth-order valence-electron chi connectivity index (χ4n) is 4.03. The quantitative estimate of drug-likeness (QED) is 0.451. The third-order valence-electron chi connectivity index (χ3n) is 5.63. The first kappa shape index (κ1) is 21.2. The van der Waals surface area contributed by atoms with Crippen molar-refractivity contribution in [3.8, 4) is 5.82 Å². The van der Waals surface area contributed by atoms with Crippen LogP contribution in [0.1, 0.15) is 30.5 Å². The van der Waals surface area contributed by atoms with E-state index in [0.717, 1.165) is 23.7 Å². The fourth-order valence-corrected chi connectivity index (χ4v) is 4.27. The fraction of sp³-hybridized carbons (Fsp3) is 0.263. The number of carbonyl (C=O) groups excluding carboxylic acids is 1. The van der Waals surface area contributed by atoms with Crippen LogP contribution in [0.2, 0.25) is 5.02 Å². The molecule has 5 rings (SSSR count). The molecule has 1 amide bonds. The summed E-state index contributed by atoms with van der Waals surface area (Å²) in [6, 6.07) is 2.31. The number of halogens is 5. The highest BCUT2D eigenvalue weighted by Gasteiger charge is 2.60. The Morgan fingerprint density at radius 2 is 1.94 bits per heavy atom. The van der Waals surface area contributed by atoms with E-state index in [0.29, 0.717) is 0 Å². The molecule has 33 heavy (non-hydrogen) atoms. The summed E-state index contributed by atoms with van der Waals surface area (Å²) in [6.45, 7) is 0.961. The van der Waals surface area contributed by atoms with E-state index >= 15 is 0 Å². The van der Waals surface area contributed by atoms with Crippen LogP contribution >= 0.6 is 11.6 Å². The molecular weight excluding hydrogens is 468 g/mol. The van der Waals surface area contributed by atoms with Gasteiger partial charge in [-0.25, -0.2) is 14.5 Å². The smallest absolute Gasteiger partial charge is 0.324 e. The van der Waals surface area contributed by atoms with Gasteiger partial charge in [0, 0.05) is 17.8 Å². The Kier molecular flexibility index (Phi) is 4.64. The summed E-state index contributed by atoms with van der Waals surface area (Å²) >= 11 is 6.20. The van der Waals surface area contributed by atoms with Gasteiger partial charge >= 0.3 is 6.18 Å². The van der Waals surface area contributed by atoms with Crippen LogP contribution in [0.4, 0.5) is 23.2 Å². The lowest BCUT2D eigenvalue weighted by Crippen LogP contribution is -2.39. The molecule has 0 aliphatic heterocycles. The summed E-state index contributed by atoms with van der Waals surface area (Å²) in [6.07, 6.45) is -0.0256. The monoisotopic (exact) mass is 480 g/mol. The van der Waals surface area contributed by atoms with Crippen molar-refractivity contribution in [1.29, 1.82) is 0 Å². The molecule has 4 aromatic rings. The highest BCUT2D eigenvalue weighted by molar-refractivity contribution is 6.32. The molecular formula is C19H13ClF4N8O. The van der Waals surface area contributed by atoms with Gasteiger partial charge in [-0.1, -0.05) is 11.6 Å². The van der Waals surface area contributed by atoms with Crippen molar-refractivity contribution in [2.45, 2.75) is 30.9 Å². The number of nitrogens with zero attached hydrogens (tertiary/aromatic N) is 7. The van der Waals surface area contributed by atoms with Crippen molar-refractivity contribution in [3.63, 3.8) is 0 Å². The highest BCUT2D eigenvalue weighted by atomic mass is 35.5. The van der Waals surface area contributed by atoms with Gasteiger partial charge in [0.15, 0.2) is 11.5 Å². The van der Waals surface area contributed by atoms with Crippen molar-refractivity contribution in [1.82, 2.24) is 34.6 Å². The molecule has 1 N–H and O–H groups in total. The van der Waals surface area contributed by atoms with Crippen LogP contribution in [0.5, 0.6) is 0 Å². The van der Waals surface area contributed by atoms with E-state index in [1.54, 1.807) is 0 Å². The number of anilines is 1. The van der Waals surface area contributed by atoms with Crippen LogP contribution in [0.3, 0.4) is 0 Å². The minimum Gasteiger partial charge on any atom is -0.324 e. The number of pyridine rings is 1. The van der Waals surface area contributed by atoms with E-state index in [1.165, 1.54) is 29.5 Å². The minimum absolute atomic E-state index is 0.0133. The summed E-state index contributed by atoms with van der Waals surface area (Å²) < 4.78 is 56.9. The molecule has 9 nitrogen and oxygen atoms in total. The van der Waals surface area contributed by atoms with Gasteiger partial charge in [0.2, 0.25) is 11.9 Å². The molecule has 4 aromatic heterocycles. The highest BCUT2D eigenvalue weighted by Crippen LogP contribution is 2.54. The van der Waals surface area contributed by atoms with E-state index < -0.39 is 35.8 Å². The number of amides is 1. The first-order valence-electron chi connectivity index (χ1n) is 9.53. The zero-order chi connectivity index (χ0) is 23.5. The van der Waals surface area contributed by atoms with Crippen LogP contribution in [0.25, 0.3) is 11.5 Å². The molecule has 1 aliphatic rings. The average Bonchev–Trinajstić information content (AvgIpc) is 3.45. The van der Waals surface area contributed by atoms with Crippen LogP contribution in [-0.4, -0.2) is 46.7 Å². The normalized spacial score (nSPS) is 20.2. The van der Waals surface area contributed by atoms with Gasteiger partial charge in [0.05, 0.1) is 40.9 Å². The van der Waals surface area contributed by atoms with Gasteiger partial charge in [-0.2, -0.15) is 27.8 Å². The standard InChI is InChI=1S/C19H13ClF4N8O/c1-18(19(22,23)24)6-10(11-8-25-14-5-13(21)30-31(14)15(11)18)17(33)29-9-4-12(20)16(26-7-9)32-27-2-3-28-32/h2-5,7-8,10H,6H2,1H3,(H,29,33)/t10-,18+/m0/s1. The number of nitrogens with one attached hydrogen (secondary N) is 1. The van der Waals surface area contributed by atoms with E-state index in [4.69, 9.17) is 11.6 Å². The number of carbonyl (C=O) groups is 1. The predicted octanol–water partition coefficient (Wildman–Crippen LogP) is 3.44. The lowest BCUT2D eigenvalue weighted by atomic mass is 9.85. The summed E-state index contributed by atoms with van der Waals surface area (Å²) in [7, 11) is 0. The van der Waals surface area contributed by atoms with Crippen LogP contribution in [0, 0.1) is 5.95 Å². The van der Waals surface area contributed by atoms with E-state index in [-0.39, 0.29) is 33.4 Å². The van der Waals surface area contributed by atoms with Crippen LogP contribution in [0.15, 0.2) is 36.9 Å². The maximum atomic E-state index is 14.1. The number of fused-ring (bicyclic) bond motifs is 3. The number of alkyl halides is 3. The van der Waals surface area contributed by atoms with Gasteiger partial charge in [-0.15, -0.1) is 9.90 Å². The SMILES string of the molecule is C[C@@]1(C(F)(F)F)C[C@H](C(=O)Nc2cnc(-n3nccn3)c(Cl)c2)c2cnc3cc(F)nn3c21. The molecule has 0 radical (unpaired) electrons. The lowest BCUT2D eigenvalue weighted by Gasteiger charge is -2.28. The maximum Gasteiger partial charge on any atom is 0.399 e. The largest absolute Gasteiger partial charge is 0.399 e. The second kappa shape index (κ2) is 7.20. The van der Waals surface area contributed by atoms with E-state index in [1.807, 2.05) is 0 Å². The molecule has 170 valence electrons. The third-order valence-corrected chi connectivity index (χ3v) is 5.91. The molecule has 14 heteroatoms. The molecule has 2 atom stereocenters. The number of aromatic nitrogens is 7. The second-order valence-electron chi connectivity index (χ2n) is 7.72. The van der Waals surface area contributed by atoms with E-state index in [9.17, 15) is 22.4 Å². The summed E-state index contributed by atoms with van der Waals surface area (Å²) in [5, 5.41) is 14.0. The topological polar surface area (TPSA) is 103 Å². The Morgan fingerprint density at radius 3 is 2.61 bits per heavy atom. The van der Waals surface area contributed by atoms with E-state index in [2.05, 4.69) is 30.6 Å². The van der Waals surface area contributed by atoms with Crippen LogP contribution < -0.4 is 5.32 Å². The summed E-state index contributed by atoms with van der Waals surface area (Å²) in [5.74, 6) is -2.70. The summed E-state index contributed by atoms with van der Waals surface area (Å²) in [5.41, 5.74) is -2.67. The van der Waals surface area contributed by atoms with Crippen molar-refractivity contribution < 1.29 is 22.4 Å².